The second kappa shape index (κ2) is 7.71. The molecule has 1 amide bonds. The monoisotopic (exact) mass is 388 g/mol. The predicted octanol–water partition coefficient (Wildman–Crippen LogP) is 3.52. The number of hydrogen-bond acceptors (Lipinski definition) is 6. The number of ether oxygens (including phenoxy) is 1. The fourth-order valence-corrected chi connectivity index (χ4v) is 3.37. The third kappa shape index (κ3) is 3.80. The van der Waals surface area contributed by atoms with Crippen molar-refractivity contribution in [3.05, 3.63) is 77.1 Å². The van der Waals surface area contributed by atoms with Crippen molar-refractivity contribution >= 4 is 29.2 Å². The van der Waals surface area contributed by atoms with Gasteiger partial charge in [0.25, 0.3) is 5.91 Å². The van der Waals surface area contributed by atoms with Gasteiger partial charge >= 0.3 is 5.97 Å². The van der Waals surface area contributed by atoms with Crippen LogP contribution in [0.25, 0.3) is 0 Å². The first-order valence-electron chi connectivity index (χ1n) is 9.26. The molecular weight excluding hydrogens is 368 g/mol. The molecule has 3 aromatic rings. The Morgan fingerprint density at radius 3 is 2.72 bits per heavy atom. The minimum absolute atomic E-state index is 0.264. The minimum Gasteiger partial charge on any atom is -0.465 e. The number of aromatic nitrogens is 2. The van der Waals surface area contributed by atoms with E-state index in [1.165, 1.54) is 12.7 Å². The normalized spacial score (nSPS) is 12.4. The molecule has 0 saturated heterocycles. The van der Waals surface area contributed by atoms with Crippen LogP contribution in [0.4, 0.5) is 17.3 Å². The van der Waals surface area contributed by atoms with Gasteiger partial charge in [-0.15, -0.1) is 0 Å². The highest BCUT2D eigenvalue weighted by Crippen LogP contribution is 2.32. The topological polar surface area (TPSA) is 84.4 Å². The van der Waals surface area contributed by atoms with E-state index in [1.54, 1.807) is 30.3 Å². The molecule has 1 aliphatic rings. The van der Waals surface area contributed by atoms with Crippen LogP contribution in [0.5, 0.6) is 0 Å². The summed E-state index contributed by atoms with van der Waals surface area (Å²) in [5, 5.41) is 2.79. The summed E-state index contributed by atoms with van der Waals surface area (Å²) in [6.45, 7) is 2.60. The molecular formula is C22H20N4O3. The molecule has 0 atom stereocenters. The van der Waals surface area contributed by atoms with Gasteiger partial charge in [0.05, 0.1) is 12.7 Å². The maximum Gasteiger partial charge on any atom is 0.337 e. The van der Waals surface area contributed by atoms with Crippen molar-refractivity contribution in [1.82, 2.24) is 9.97 Å². The van der Waals surface area contributed by atoms with Crippen LogP contribution in [0.15, 0.2) is 54.6 Å². The number of para-hydroxylation sites is 1. The van der Waals surface area contributed by atoms with Gasteiger partial charge in [0.15, 0.2) is 0 Å². The number of methoxy groups -OCH3 is 1. The lowest BCUT2D eigenvalue weighted by Crippen LogP contribution is -2.21. The lowest BCUT2D eigenvalue weighted by molar-refractivity contribution is 0.0600. The van der Waals surface area contributed by atoms with E-state index in [4.69, 9.17) is 4.74 Å². The third-order valence-corrected chi connectivity index (χ3v) is 4.75. The number of hydrogen-bond donors (Lipinski definition) is 1. The number of rotatable bonds is 4. The van der Waals surface area contributed by atoms with E-state index in [-0.39, 0.29) is 11.6 Å². The average molecular weight is 388 g/mol. The highest BCUT2D eigenvalue weighted by atomic mass is 16.5. The van der Waals surface area contributed by atoms with Gasteiger partial charge in [0.1, 0.15) is 5.69 Å². The number of anilines is 3. The molecule has 0 fully saturated rings. The summed E-state index contributed by atoms with van der Waals surface area (Å²) < 4.78 is 4.72. The summed E-state index contributed by atoms with van der Waals surface area (Å²) in [5.41, 5.74) is 4.12. The minimum atomic E-state index is -0.464. The largest absolute Gasteiger partial charge is 0.465 e. The van der Waals surface area contributed by atoms with Crippen LogP contribution in [0.1, 0.15) is 32.1 Å². The summed E-state index contributed by atoms with van der Waals surface area (Å²) in [7, 11) is 1.31. The lowest BCUT2D eigenvalue weighted by atomic mass is 10.2. The number of benzene rings is 2. The van der Waals surface area contributed by atoms with Gasteiger partial charge in [0, 0.05) is 23.6 Å². The molecule has 1 N–H and O–H groups in total. The highest BCUT2D eigenvalue weighted by Gasteiger charge is 2.23. The van der Waals surface area contributed by atoms with Crippen molar-refractivity contribution in [1.29, 1.82) is 0 Å². The van der Waals surface area contributed by atoms with E-state index in [1.807, 2.05) is 30.0 Å². The second-order valence-electron chi connectivity index (χ2n) is 6.75. The van der Waals surface area contributed by atoms with E-state index in [9.17, 15) is 9.59 Å². The van der Waals surface area contributed by atoms with Crippen molar-refractivity contribution in [3.8, 4) is 0 Å². The number of carbonyl (C=O) groups is 2. The van der Waals surface area contributed by atoms with E-state index in [0.717, 1.165) is 18.7 Å². The molecule has 0 radical (unpaired) electrons. The quantitative estimate of drug-likeness (QED) is 0.689. The third-order valence-electron chi connectivity index (χ3n) is 4.75. The summed E-state index contributed by atoms with van der Waals surface area (Å²) in [6.07, 6.45) is 0.912. The molecule has 0 unspecified atom stereocenters. The molecule has 0 spiro atoms. The zero-order valence-electron chi connectivity index (χ0n) is 16.2. The van der Waals surface area contributed by atoms with Gasteiger partial charge in [-0.1, -0.05) is 24.3 Å². The number of amides is 1. The van der Waals surface area contributed by atoms with E-state index >= 15 is 0 Å². The highest BCUT2D eigenvalue weighted by molar-refractivity contribution is 6.03. The summed E-state index contributed by atoms with van der Waals surface area (Å²) in [6, 6.07) is 16.3. The van der Waals surface area contributed by atoms with Crippen molar-refractivity contribution in [2.45, 2.75) is 13.3 Å². The fraction of sp³-hybridized carbons (Fsp3) is 0.182. The van der Waals surface area contributed by atoms with Crippen molar-refractivity contribution in [2.24, 2.45) is 0 Å². The first-order valence-corrected chi connectivity index (χ1v) is 9.26. The number of aryl methyl sites for hydroxylation is 1. The fourth-order valence-electron chi connectivity index (χ4n) is 3.37. The molecule has 1 aromatic heterocycles. The van der Waals surface area contributed by atoms with Crippen molar-refractivity contribution in [3.63, 3.8) is 0 Å². The smallest absolute Gasteiger partial charge is 0.337 e. The summed E-state index contributed by atoms with van der Waals surface area (Å²) >= 11 is 0. The molecule has 0 aliphatic carbocycles. The SMILES string of the molecule is COC(=O)c1cccc(NC(=O)c2cc(C)nc(N3CCc4ccccc43)n2)c1. The molecule has 146 valence electrons. The Bertz CT molecular complexity index is 1100. The molecule has 29 heavy (non-hydrogen) atoms. The van der Waals surface area contributed by atoms with Crippen LogP contribution in [-0.4, -0.2) is 35.5 Å². The standard InChI is InChI=1S/C22H20N4O3/c1-14-12-18(20(27)24-17-8-5-7-16(13-17)21(28)29-2)25-22(23-14)26-11-10-15-6-3-4-9-19(15)26/h3-9,12-13H,10-11H2,1-2H3,(H,24,27). The van der Waals surface area contributed by atoms with Gasteiger partial charge in [0.2, 0.25) is 5.95 Å². The molecule has 0 saturated carbocycles. The molecule has 1 aliphatic heterocycles. The van der Waals surface area contributed by atoms with Crippen LogP contribution in [0.3, 0.4) is 0 Å². The average Bonchev–Trinajstić information content (AvgIpc) is 3.17. The molecule has 7 heteroatoms. The Morgan fingerprint density at radius 2 is 1.90 bits per heavy atom. The Kier molecular flexibility index (Phi) is 4.95. The van der Waals surface area contributed by atoms with Crippen LogP contribution in [-0.2, 0) is 11.2 Å². The summed E-state index contributed by atoms with van der Waals surface area (Å²) in [5.74, 6) is -0.330. The first kappa shape index (κ1) is 18.6. The van der Waals surface area contributed by atoms with Crippen molar-refractivity contribution < 1.29 is 14.3 Å². The Hall–Kier alpha value is -3.74. The van der Waals surface area contributed by atoms with Gasteiger partial charge in [-0.05, 0) is 49.2 Å². The Labute approximate surface area is 168 Å². The van der Waals surface area contributed by atoms with E-state index in [2.05, 4.69) is 21.4 Å². The zero-order valence-corrected chi connectivity index (χ0v) is 16.2. The summed E-state index contributed by atoms with van der Waals surface area (Å²) in [4.78, 5) is 35.5. The van der Waals surface area contributed by atoms with Crippen LogP contribution in [0.2, 0.25) is 0 Å². The Balaban J connectivity index is 1.60. The van der Waals surface area contributed by atoms with Gasteiger partial charge in [-0.2, -0.15) is 0 Å². The number of carbonyl (C=O) groups excluding carboxylic acids is 2. The van der Waals surface area contributed by atoms with Crippen molar-refractivity contribution in [2.75, 3.05) is 23.9 Å². The lowest BCUT2D eigenvalue weighted by Gasteiger charge is -2.18. The molecule has 0 bridgehead atoms. The van der Waals surface area contributed by atoms with Crippen LogP contribution >= 0.6 is 0 Å². The molecule has 7 nitrogen and oxygen atoms in total. The number of fused-ring (bicyclic) bond motifs is 1. The maximum absolute atomic E-state index is 12.8. The Morgan fingerprint density at radius 1 is 1.07 bits per heavy atom. The van der Waals surface area contributed by atoms with E-state index < -0.39 is 5.97 Å². The molecule has 2 heterocycles. The second-order valence-corrected chi connectivity index (χ2v) is 6.75. The predicted molar refractivity (Wildman–Crippen MR) is 110 cm³/mol. The van der Waals surface area contributed by atoms with Crippen LogP contribution in [0, 0.1) is 6.92 Å². The number of nitrogens with one attached hydrogen (secondary N) is 1. The first-order chi connectivity index (χ1) is 14.0. The maximum atomic E-state index is 12.8. The zero-order chi connectivity index (χ0) is 20.4. The van der Waals surface area contributed by atoms with E-state index in [0.29, 0.717) is 22.9 Å². The number of nitrogens with zero attached hydrogens (tertiary/aromatic N) is 3. The van der Waals surface area contributed by atoms with Gasteiger partial charge in [-0.3, -0.25) is 4.79 Å². The van der Waals surface area contributed by atoms with Crippen LogP contribution < -0.4 is 10.2 Å². The molecule has 2 aromatic carbocycles. The van der Waals surface area contributed by atoms with Gasteiger partial charge < -0.3 is 15.0 Å². The number of esters is 1. The van der Waals surface area contributed by atoms with Gasteiger partial charge in [-0.25, -0.2) is 14.8 Å². The molecule has 4 rings (SSSR count).